The third kappa shape index (κ3) is 4.46. The summed E-state index contributed by atoms with van der Waals surface area (Å²) < 4.78 is 13.4. The van der Waals surface area contributed by atoms with E-state index in [1.54, 1.807) is 12.1 Å². The molecule has 17 heavy (non-hydrogen) atoms. The van der Waals surface area contributed by atoms with Crippen molar-refractivity contribution in [3.05, 3.63) is 41.2 Å². The van der Waals surface area contributed by atoms with Crippen molar-refractivity contribution in [2.24, 2.45) is 5.73 Å². The van der Waals surface area contributed by atoms with Crippen molar-refractivity contribution in [2.75, 3.05) is 0 Å². The summed E-state index contributed by atoms with van der Waals surface area (Å²) in [6.07, 6.45) is 2.81. The van der Waals surface area contributed by atoms with E-state index in [-0.39, 0.29) is 18.4 Å². The third-order valence-corrected chi connectivity index (χ3v) is 2.05. The van der Waals surface area contributed by atoms with E-state index in [0.29, 0.717) is 5.56 Å². The molecule has 1 rings (SSSR count). The van der Waals surface area contributed by atoms with Gasteiger partial charge in [-0.05, 0) is 17.2 Å². The summed E-state index contributed by atoms with van der Waals surface area (Å²) in [7, 11) is 0. The SMILES string of the molecule is NC(=O)CC=Cc1ccc(CC(=O)O)c(F)c1. The fourth-order valence-corrected chi connectivity index (χ4v) is 1.28. The number of aliphatic carboxylic acids is 1. The third-order valence-electron chi connectivity index (χ3n) is 2.05. The van der Waals surface area contributed by atoms with E-state index in [4.69, 9.17) is 10.8 Å². The van der Waals surface area contributed by atoms with E-state index in [1.807, 2.05) is 0 Å². The lowest BCUT2D eigenvalue weighted by molar-refractivity contribution is -0.136. The number of benzene rings is 1. The van der Waals surface area contributed by atoms with Crippen molar-refractivity contribution in [1.29, 1.82) is 0 Å². The minimum Gasteiger partial charge on any atom is -0.481 e. The smallest absolute Gasteiger partial charge is 0.307 e. The zero-order chi connectivity index (χ0) is 12.8. The van der Waals surface area contributed by atoms with Gasteiger partial charge >= 0.3 is 5.97 Å². The predicted molar refractivity (Wildman–Crippen MR) is 60.6 cm³/mol. The molecule has 1 aromatic rings. The largest absolute Gasteiger partial charge is 0.481 e. The fraction of sp³-hybridized carbons (Fsp3) is 0.167. The summed E-state index contributed by atoms with van der Waals surface area (Å²) in [5.41, 5.74) is 5.62. The molecule has 0 saturated carbocycles. The van der Waals surface area contributed by atoms with Crippen LogP contribution in [0.15, 0.2) is 24.3 Å². The van der Waals surface area contributed by atoms with E-state index in [2.05, 4.69) is 0 Å². The lowest BCUT2D eigenvalue weighted by atomic mass is 10.1. The van der Waals surface area contributed by atoms with E-state index >= 15 is 0 Å². The summed E-state index contributed by atoms with van der Waals surface area (Å²) in [6.45, 7) is 0. The molecule has 1 aromatic carbocycles. The number of hydrogen-bond acceptors (Lipinski definition) is 2. The molecule has 0 radical (unpaired) electrons. The number of carbonyl (C=O) groups excluding carboxylic acids is 1. The standard InChI is InChI=1S/C12H12FNO3/c13-10-6-8(2-1-3-11(14)15)4-5-9(10)7-12(16)17/h1-2,4-6H,3,7H2,(H2,14,15)(H,16,17). The predicted octanol–water partition coefficient (Wildman–Crippen LogP) is 1.34. The van der Waals surface area contributed by atoms with Crippen molar-refractivity contribution in [1.82, 2.24) is 0 Å². The molecule has 1 amide bonds. The highest BCUT2D eigenvalue weighted by molar-refractivity contribution is 5.76. The van der Waals surface area contributed by atoms with Crippen molar-refractivity contribution in [2.45, 2.75) is 12.8 Å². The molecule has 0 saturated heterocycles. The highest BCUT2D eigenvalue weighted by Crippen LogP contribution is 2.12. The van der Waals surface area contributed by atoms with Crippen LogP contribution in [-0.4, -0.2) is 17.0 Å². The van der Waals surface area contributed by atoms with Gasteiger partial charge in [0.05, 0.1) is 6.42 Å². The van der Waals surface area contributed by atoms with E-state index in [0.717, 1.165) is 0 Å². The van der Waals surface area contributed by atoms with Gasteiger partial charge in [-0.15, -0.1) is 0 Å². The zero-order valence-corrected chi connectivity index (χ0v) is 9.02. The minimum absolute atomic E-state index is 0.0818. The first-order chi connectivity index (χ1) is 7.99. The van der Waals surface area contributed by atoms with Crippen LogP contribution in [0, 0.1) is 5.82 Å². The van der Waals surface area contributed by atoms with Gasteiger partial charge in [0.2, 0.25) is 5.91 Å². The monoisotopic (exact) mass is 237 g/mol. The normalized spacial score (nSPS) is 10.6. The first-order valence-corrected chi connectivity index (χ1v) is 4.94. The Hall–Kier alpha value is -2.17. The molecule has 0 aliphatic rings. The average Bonchev–Trinajstić information content (AvgIpc) is 2.21. The van der Waals surface area contributed by atoms with Crippen molar-refractivity contribution in [3.63, 3.8) is 0 Å². The van der Waals surface area contributed by atoms with Gasteiger partial charge in [0.1, 0.15) is 5.82 Å². The zero-order valence-electron chi connectivity index (χ0n) is 9.02. The van der Waals surface area contributed by atoms with Crippen LogP contribution in [0.3, 0.4) is 0 Å². The summed E-state index contributed by atoms with van der Waals surface area (Å²) in [5.74, 6) is -2.13. The number of carboxylic acid groups (broad SMARTS) is 1. The molecule has 4 nitrogen and oxygen atoms in total. The average molecular weight is 237 g/mol. The second-order valence-corrected chi connectivity index (χ2v) is 3.49. The van der Waals surface area contributed by atoms with Crippen LogP contribution >= 0.6 is 0 Å². The number of carbonyl (C=O) groups is 2. The highest BCUT2D eigenvalue weighted by atomic mass is 19.1. The fourth-order valence-electron chi connectivity index (χ4n) is 1.28. The number of amides is 1. The number of primary amides is 1. The van der Waals surface area contributed by atoms with Crippen molar-refractivity contribution < 1.29 is 19.1 Å². The lowest BCUT2D eigenvalue weighted by Gasteiger charge is -2.01. The number of nitrogens with two attached hydrogens (primary N) is 1. The molecule has 0 aliphatic heterocycles. The van der Waals surface area contributed by atoms with Crippen molar-refractivity contribution in [3.8, 4) is 0 Å². The molecule has 0 bridgehead atoms. The summed E-state index contributed by atoms with van der Waals surface area (Å²) in [6, 6.07) is 4.21. The van der Waals surface area contributed by atoms with Crippen LogP contribution in [0.25, 0.3) is 6.08 Å². The number of rotatable bonds is 5. The Morgan fingerprint density at radius 1 is 1.41 bits per heavy atom. The molecule has 0 spiro atoms. The van der Waals surface area contributed by atoms with Crippen LogP contribution in [0.5, 0.6) is 0 Å². The molecular weight excluding hydrogens is 225 g/mol. The van der Waals surface area contributed by atoms with E-state index in [9.17, 15) is 14.0 Å². The number of carboxylic acids is 1. The Kier molecular flexibility index (Phi) is 4.39. The van der Waals surface area contributed by atoms with Crippen molar-refractivity contribution >= 4 is 18.0 Å². The first-order valence-electron chi connectivity index (χ1n) is 4.94. The molecule has 0 aromatic heterocycles. The maximum Gasteiger partial charge on any atom is 0.307 e. The molecule has 0 fully saturated rings. The van der Waals surface area contributed by atoms with Crippen LogP contribution in [0.2, 0.25) is 0 Å². The molecular formula is C12H12FNO3. The van der Waals surface area contributed by atoms with Gasteiger partial charge in [-0.25, -0.2) is 4.39 Å². The van der Waals surface area contributed by atoms with Gasteiger partial charge in [-0.2, -0.15) is 0 Å². The molecule has 5 heteroatoms. The van der Waals surface area contributed by atoms with Gasteiger partial charge in [0.25, 0.3) is 0 Å². The molecule has 90 valence electrons. The van der Waals surface area contributed by atoms with Gasteiger partial charge in [0, 0.05) is 6.42 Å². The van der Waals surface area contributed by atoms with Crippen LogP contribution < -0.4 is 5.73 Å². The molecule has 0 unspecified atom stereocenters. The second kappa shape index (κ2) is 5.79. The lowest BCUT2D eigenvalue weighted by Crippen LogP contribution is -2.07. The summed E-state index contributed by atoms with van der Waals surface area (Å²) >= 11 is 0. The summed E-state index contributed by atoms with van der Waals surface area (Å²) in [4.78, 5) is 20.9. The molecule has 0 aliphatic carbocycles. The molecule has 0 heterocycles. The topological polar surface area (TPSA) is 80.4 Å². The first kappa shape index (κ1) is 12.9. The Morgan fingerprint density at radius 2 is 2.12 bits per heavy atom. The maximum atomic E-state index is 13.4. The Morgan fingerprint density at radius 3 is 2.65 bits per heavy atom. The quantitative estimate of drug-likeness (QED) is 0.810. The molecule has 0 atom stereocenters. The van der Waals surface area contributed by atoms with Gasteiger partial charge < -0.3 is 10.8 Å². The van der Waals surface area contributed by atoms with Gasteiger partial charge in [-0.1, -0.05) is 24.3 Å². The summed E-state index contributed by atoms with van der Waals surface area (Å²) in [5, 5.41) is 8.53. The minimum atomic E-state index is -1.08. The van der Waals surface area contributed by atoms with Crippen LogP contribution in [0.1, 0.15) is 17.5 Å². The van der Waals surface area contributed by atoms with E-state index in [1.165, 1.54) is 18.2 Å². The second-order valence-electron chi connectivity index (χ2n) is 3.49. The highest BCUT2D eigenvalue weighted by Gasteiger charge is 2.06. The molecule has 3 N–H and O–H groups in total. The van der Waals surface area contributed by atoms with Gasteiger partial charge in [-0.3, -0.25) is 9.59 Å². The Labute approximate surface area is 97.6 Å². The van der Waals surface area contributed by atoms with Crippen LogP contribution in [-0.2, 0) is 16.0 Å². The van der Waals surface area contributed by atoms with Gasteiger partial charge in [0.15, 0.2) is 0 Å². The number of halogens is 1. The number of hydrogen-bond donors (Lipinski definition) is 2. The Balaban J connectivity index is 2.78. The Bertz CT molecular complexity index is 469. The van der Waals surface area contributed by atoms with Crippen LogP contribution in [0.4, 0.5) is 4.39 Å². The van der Waals surface area contributed by atoms with E-state index < -0.39 is 17.7 Å². The maximum absolute atomic E-state index is 13.4.